The quantitative estimate of drug-likeness (QED) is 0.349. The van der Waals surface area contributed by atoms with Crippen molar-refractivity contribution in [1.82, 2.24) is 0 Å². The zero-order valence-electron chi connectivity index (χ0n) is 17.6. The Morgan fingerprint density at radius 2 is 1.71 bits per heavy atom. The summed E-state index contributed by atoms with van der Waals surface area (Å²) in [7, 11) is 0. The molecule has 10 heteroatoms. The van der Waals surface area contributed by atoms with E-state index in [1.54, 1.807) is 12.1 Å². The van der Waals surface area contributed by atoms with Crippen molar-refractivity contribution in [3.8, 4) is 17.2 Å². The number of hydrogen-bond donors (Lipinski definition) is 1. The van der Waals surface area contributed by atoms with E-state index < -0.39 is 29.1 Å². The number of aromatic carboxylic acids is 1. The van der Waals surface area contributed by atoms with Crippen LogP contribution in [0.2, 0.25) is 0 Å². The summed E-state index contributed by atoms with van der Waals surface area (Å²) in [5.74, 6) is -3.73. The lowest BCUT2D eigenvalue weighted by atomic mass is 10.1. The van der Waals surface area contributed by atoms with Crippen molar-refractivity contribution >= 4 is 16.9 Å². The van der Waals surface area contributed by atoms with Crippen molar-refractivity contribution in [2.24, 2.45) is 0 Å². The molecule has 0 atom stereocenters. The number of ether oxygens (including phenoxy) is 2. The summed E-state index contributed by atoms with van der Waals surface area (Å²) < 4.78 is 62.0. The lowest BCUT2D eigenvalue weighted by Gasteiger charge is -2.14. The molecule has 176 valence electrons. The van der Waals surface area contributed by atoms with E-state index in [0.717, 1.165) is 18.1 Å². The van der Waals surface area contributed by atoms with Crippen LogP contribution in [0.3, 0.4) is 0 Å². The van der Waals surface area contributed by atoms with Crippen LogP contribution in [0.15, 0.2) is 68.2 Å². The first kappa shape index (κ1) is 23.0. The highest BCUT2D eigenvalue weighted by atomic mass is 19.4. The minimum atomic E-state index is -5.00. The van der Waals surface area contributed by atoms with Gasteiger partial charge in [-0.15, -0.1) is 0 Å². The average Bonchev–Trinajstić information content (AvgIpc) is 3.28. The average molecular weight is 474 g/mol. The van der Waals surface area contributed by atoms with Crippen LogP contribution in [0.4, 0.5) is 13.2 Å². The molecular formula is C24H17F3O7. The van der Waals surface area contributed by atoms with Crippen molar-refractivity contribution in [1.29, 1.82) is 0 Å². The van der Waals surface area contributed by atoms with Crippen LogP contribution in [0.5, 0.6) is 17.2 Å². The minimum absolute atomic E-state index is 0.0634. The molecule has 0 bridgehead atoms. The lowest BCUT2D eigenvalue weighted by molar-refractivity contribution is -0.154. The molecule has 0 radical (unpaired) electrons. The Labute approximate surface area is 189 Å². The highest BCUT2D eigenvalue weighted by molar-refractivity contribution is 5.84. The molecule has 2 heterocycles. The molecule has 4 rings (SSSR count). The van der Waals surface area contributed by atoms with Crippen molar-refractivity contribution in [3.63, 3.8) is 0 Å². The number of furan rings is 1. The van der Waals surface area contributed by atoms with Gasteiger partial charge in [0.1, 0.15) is 29.4 Å². The minimum Gasteiger partial charge on any atom is -0.486 e. The van der Waals surface area contributed by atoms with E-state index in [9.17, 15) is 22.8 Å². The summed E-state index contributed by atoms with van der Waals surface area (Å²) in [6.07, 6.45) is -4.26. The number of carboxylic acid groups (broad SMARTS) is 1. The molecule has 7 nitrogen and oxygen atoms in total. The van der Waals surface area contributed by atoms with Gasteiger partial charge in [-0.25, -0.2) is 4.79 Å². The lowest BCUT2D eigenvalue weighted by Crippen LogP contribution is -2.15. The van der Waals surface area contributed by atoms with Crippen LogP contribution in [0.25, 0.3) is 11.0 Å². The van der Waals surface area contributed by atoms with E-state index in [2.05, 4.69) is 0 Å². The van der Waals surface area contributed by atoms with Crippen LogP contribution >= 0.6 is 0 Å². The second kappa shape index (κ2) is 8.97. The number of hydrogen-bond acceptors (Lipinski definition) is 6. The smallest absolute Gasteiger partial charge is 0.453 e. The predicted octanol–water partition coefficient (Wildman–Crippen LogP) is 6.04. The van der Waals surface area contributed by atoms with Crippen LogP contribution in [0, 0.1) is 0 Å². The zero-order chi connectivity index (χ0) is 24.5. The maximum atomic E-state index is 13.7. The third kappa shape index (κ3) is 4.75. The van der Waals surface area contributed by atoms with Crippen molar-refractivity contribution in [2.45, 2.75) is 26.1 Å². The number of carboxylic acids is 1. The Morgan fingerprint density at radius 3 is 2.32 bits per heavy atom. The fourth-order valence-corrected chi connectivity index (χ4v) is 3.16. The third-order valence-electron chi connectivity index (χ3n) is 4.88. The van der Waals surface area contributed by atoms with Gasteiger partial charge in [-0.2, -0.15) is 13.2 Å². The van der Waals surface area contributed by atoms with Gasteiger partial charge in [-0.1, -0.05) is 19.1 Å². The zero-order valence-corrected chi connectivity index (χ0v) is 17.6. The molecule has 0 saturated heterocycles. The van der Waals surface area contributed by atoms with Gasteiger partial charge in [-0.05, 0) is 48.4 Å². The molecule has 0 amide bonds. The fourth-order valence-electron chi connectivity index (χ4n) is 3.16. The van der Waals surface area contributed by atoms with Gasteiger partial charge in [0.2, 0.25) is 16.9 Å². The largest absolute Gasteiger partial charge is 0.486 e. The molecule has 0 fully saturated rings. The first-order chi connectivity index (χ1) is 16.2. The first-order valence-corrected chi connectivity index (χ1v) is 10.1. The van der Waals surface area contributed by atoms with Crippen molar-refractivity contribution in [2.75, 3.05) is 0 Å². The monoisotopic (exact) mass is 474 g/mol. The number of rotatable bonds is 7. The number of fused-ring (bicyclic) bond motifs is 1. The third-order valence-corrected chi connectivity index (χ3v) is 4.88. The van der Waals surface area contributed by atoms with E-state index in [1.165, 1.54) is 36.4 Å². The molecule has 2 aromatic heterocycles. The van der Waals surface area contributed by atoms with Crippen LogP contribution in [-0.4, -0.2) is 11.1 Å². The van der Waals surface area contributed by atoms with Gasteiger partial charge in [0.05, 0.1) is 5.39 Å². The molecule has 0 unspecified atom stereocenters. The van der Waals surface area contributed by atoms with E-state index in [4.69, 9.17) is 23.4 Å². The predicted molar refractivity (Wildman–Crippen MR) is 113 cm³/mol. The Morgan fingerprint density at radius 1 is 1.00 bits per heavy atom. The second-order valence-corrected chi connectivity index (χ2v) is 7.20. The molecule has 4 aromatic rings. The Balaban J connectivity index is 1.67. The Hall–Kier alpha value is -4.21. The van der Waals surface area contributed by atoms with Gasteiger partial charge in [0.15, 0.2) is 0 Å². The van der Waals surface area contributed by atoms with Crippen molar-refractivity contribution in [3.05, 3.63) is 87.7 Å². The van der Waals surface area contributed by atoms with E-state index in [1.807, 2.05) is 6.92 Å². The first-order valence-electron chi connectivity index (χ1n) is 10.1. The molecule has 34 heavy (non-hydrogen) atoms. The molecular weight excluding hydrogens is 457 g/mol. The van der Waals surface area contributed by atoms with Crippen LogP contribution in [0.1, 0.15) is 34.6 Å². The molecule has 0 spiro atoms. The number of halogens is 3. The van der Waals surface area contributed by atoms with E-state index >= 15 is 0 Å². The summed E-state index contributed by atoms with van der Waals surface area (Å²) >= 11 is 0. The SMILES string of the molecule is CCc1ccc(Oc2c(C(F)(F)F)oc3cc(OCc4ccc(C(=O)O)o4)ccc3c2=O)cc1. The normalized spacial score (nSPS) is 11.5. The maximum absolute atomic E-state index is 13.7. The molecule has 0 aliphatic carbocycles. The maximum Gasteiger partial charge on any atom is 0.453 e. The highest BCUT2D eigenvalue weighted by Crippen LogP contribution is 2.38. The Bertz CT molecular complexity index is 1400. The summed E-state index contributed by atoms with van der Waals surface area (Å²) in [6.45, 7) is 1.74. The molecule has 0 aliphatic heterocycles. The van der Waals surface area contributed by atoms with Gasteiger partial charge in [0, 0.05) is 6.07 Å². The van der Waals surface area contributed by atoms with Gasteiger partial charge >= 0.3 is 12.1 Å². The molecule has 1 N–H and O–H groups in total. The van der Waals surface area contributed by atoms with Gasteiger partial charge < -0.3 is 23.4 Å². The summed E-state index contributed by atoms with van der Waals surface area (Å²) in [6, 6.07) is 12.7. The number of alkyl halides is 3. The van der Waals surface area contributed by atoms with Gasteiger partial charge in [0.25, 0.3) is 5.76 Å². The van der Waals surface area contributed by atoms with E-state index in [0.29, 0.717) is 0 Å². The summed E-state index contributed by atoms with van der Waals surface area (Å²) in [5, 5.41) is 8.75. The van der Waals surface area contributed by atoms with E-state index in [-0.39, 0.29) is 40.6 Å². The second-order valence-electron chi connectivity index (χ2n) is 7.20. The van der Waals surface area contributed by atoms with Crippen LogP contribution < -0.4 is 14.9 Å². The highest BCUT2D eigenvalue weighted by Gasteiger charge is 2.40. The molecule has 2 aromatic carbocycles. The Kier molecular flexibility index (Phi) is 6.06. The van der Waals surface area contributed by atoms with Crippen molar-refractivity contribution < 1.29 is 41.4 Å². The van der Waals surface area contributed by atoms with Crippen LogP contribution in [-0.2, 0) is 19.2 Å². The standard InChI is InChI=1S/C24H17F3O7/c1-2-13-3-5-14(6-4-13)33-21-20(28)17-9-7-15(11-19(17)34-22(21)24(25,26)27)31-12-16-8-10-18(32-16)23(29)30/h3-11H,2,12H2,1H3,(H,29,30). The van der Waals surface area contributed by atoms with Gasteiger partial charge in [-0.3, -0.25) is 4.79 Å². The molecule has 0 saturated carbocycles. The fraction of sp³-hybridized carbons (Fsp3) is 0.167. The summed E-state index contributed by atoms with van der Waals surface area (Å²) in [5.41, 5.74) is -0.388. The number of aryl methyl sites for hydroxylation is 1. The summed E-state index contributed by atoms with van der Waals surface area (Å²) in [4.78, 5) is 23.8. The topological polar surface area (TPSA) is 99.1 Å². The number of benzene rings is 2. The number of carbonyl (C=O) groups is 1. The molecule has 0 aliphatic rings.